The Morgan fingerprint density at radius 1 is 1.28 bits per heavy atom. The number of nitrogens with zero attached hydrogens (tertiary/aromatic N) is 3. The third kappa shape index (κ3) is 4.62. The molecular weight excluding hydrogens is 362 g/mol. The molecule has 0 bridgehead atoms. The number of pyridine rings is 1. The van der Waals surface area contributed by atoms with E-state index in [-0.39, 0.29) is 6.04 Å². The zero-order chi connectivity index (χ0) is 21.0. The third-order valence-corrected chi connectivity index (χ3v) is 4.70. The highest BCUT2D eigenvalue weighted by atomic mass is 15.2. The Bertz CT molecular complexity index is 1030. The van der Waals surface area contributed by atoms with Crippen LogP contribution in [0.1, 0.15) is 45.5 Å². The Balaban J connectivity index is 2.12. The second-order valence-corrected chi connectivity index (χ2v) is 7.88. The monoisotopic (exact) mass is 391 g/mol. The van der Waals surface area contributed by atoms with Crippen LogP contribution in [-0.2, 0) is 6.42 Å². The van der Waals surface area contributed by atoms with E-state index in [9.17, 15) is 0 Å². The first-order valence-electron chi connectivity index (χ1n) is 9.96. The largest absolute Gasteiger partial charge is 0.404 e. The minimum atomic E-state index is 0.217. The van der Waals surface area contributed by atoms with Gasteiger partial charge in [0.2, 0.25) is 0 Å². The SMILES string of the molecule is CC(C)CCc1nc(-c2cnc3ccc(/C(C=N)=C/N)cc3c2NC(C)C)n[nH]1. The molecule has 0 aliphatic rings. The van der Waals surface area contributed by atoms with Crippen molar-refractivity contribution in [1.82, 2.24) is 20.2 Å². The molecule has 0 aliphatic carbocycles. The highest BCUT2D eigenvalue weighted by molar-refractivity contribution is 6.10. The van der Waals surface area contributed by atoms with E-state index in [1.54, 1.807) is 0 Å². The Kier molecular flexibility index (Phi) is 6.26. The lowest BCUT2D eigenvalue weighted by Gasteiger charge is -2.16. The maximum Gasteiger partial charge on any atom is 0.184 e. The Morgan fingerprint density at radius 3 is 2.72 bits per heavy atom. The normalized spacial score (nSPS) is 12.1. The molecule has 2 heterocycles. The van der Waals surface area contributed by atoms with Crippen molar-refractivity contribution in [1.29, 1.82) is 5.41 Å². The molecule has 2 aromatic heterocycles. The van der Waals surface area contributed by atoms with Crippen LogP contribution in [0.3, 0.4) is 0 Å². The molecule has 29 heavy (non-hydrogen) atoms. The lowest BCUT2D eigenvalue weighted by molar-refractivity contribution is 0.575. The average molecular weight is 392 g/mol. The van der Waals surface area contributed by atoms with Gasteiger partial charge in [-0.05, 0) is 43.9 Å². The first-order chi connectivity index (χ1) is 13.9. The summed E-state index contributed by atoms with van der Waals surface area (Å²) in [5, 5.41) is 19.6. The van der Waals surface area contributed by atoms with Crippen LogP contribution in [0.4, 0.5) is 5.69 Å². The van der Waals surface area contributed by atoms with Crippen molar-refractivity contribution in [2.45, 2.75) is 46.6 Å². The number of rotatable bonds is 8. The summed E-state index contributed by atoms with van der Waals surface area (Å²) in [6.45, 7) is 8.58. The molecule has 7 nitrogen and oxygen atoms in total. The van der Waals surface area contributed by atoms with Gasteiger partial charge in [-0.1, -0.05) is 19.9 Å². The summed E-state index contributed by atoms with van der Waals surface area (Å²) < 4.78 is 0. The number of hydrogen-bond acceptors (Lipinski definition) is 6. The van der Waals surface area contributed by atoms with E-state index in [1.807, 2.05) is 24.4 Å². The van der Waals surface area contributed by atoms with Gasteiger partial charge in [0.25, 0.3) is 0 Å². The van der Waals surface area contributed by atoms with Gasteiger partial charge in [-0.3, -0.25) is 10.1 Å². The highest BCUT2D eigenvalue weighted by Crippen LogP contribution is 2.34. The van der Waals surface area contributed by atoms with Gasteiger partial charge in [-0.2, -0.15) is 5.10 Å². The molecule has 0 saturated heterocycles. The van der Waals surface area contributed by atoms with Crippen LogP contribution in [0.5, 0.6) is 0 Å². The minimum Gasteiger partial charge on any atom is -0.404 e. The third-order valence-electron chi connectivity index (χ3n) is 4.70. The van der Waals surface area contributed by atoms with Gasteiger partial charge in [0.05, 0.1) is 16.8 Å². The molecule has 0 unspecified atom stereocenters. The standard InChI is InChI=1S/C22H29N7/c1-13(2)5-8-20-27-22(29-28-20)18-12-25-19-7-6-15(16(10-23)11-24)9-17(19)21(18)26-14(3)4/h6-7,9-14,23H,5,8,24H2,1-4H3,(H,25,26)(H,27,28,29)/b16-11+,23-10?. The van der Waals surface area contributed by atoms with Gasteiger partial charge in [0.15, 0.2) is 5.82 Å². The fraction of sp³-hybridized carbons (Fsp3) is 0.364. The van der Waals surface area contributed by atoms with E-state index < -0.39 is 0 Å². The zero-order valence-electron chi connectivity index (χ0n) is 17.5. The molecule has 7 heteroatoms. The number of anilines is 1. The number of H-pyrrole nitrogens is 1. The van der Waals surface area contributed by atoms with Crippen LogP contribution in [0.25, 0.3) is 27.9 Å². The topological polar surface area (TPSA) is 116 Å². The van der Waals surface area contributed by atoms with Crippen LogP contribution in [0.2, 0.25) is 0 Å². The first kappa shape index (κ1) is 20.5. The first-order valence-corrected chi connectivity index (χ1v) is 9.96. The van der Waals surface area contributed by atoms with Crippen LogP contribution in [-0.4, -0.2) is 32.4 Å². The lowest BCUT2D eigenvalue weighted by Crippen LogP contribution is -2.11. The molecule has 5 N–H and O–H groups in total. The second kappa shape index (κ2) is 8.86. The number of nitrogens with two attached hydrogens (primary N) is 1. The molecule has 0 saturated carbocycles. The average Bonchev–Trinajstić information content (AvgIpc) is 3.16. The molecule has 1 aromatic carbocycles. The Morgan fingerprint density at radius 2 is 2.07 bits per heavy atom. The van der Waals surface area contributed by atoms with Crippen molar-refractivity contribution in [2.24, 2.45) is 11.7 Å². The number of nitrogens with one attached hydrogen (secondary N) is 3. The van der Waals surface area contributed by atoms with Gasteiger partial charge in [-0.15, -0.1) is 0 Å². The van der Waals surface area contributed by atoms with Crippen LogP contribution >= 0.6 is 0 Å². The van der Waals surface area contributed by atoms with Crippen molar-refractivity contribution in [3.05, 3.63) is 42.0 Å². The van der Waals surface area contributed by atoms with Gasteiger partial charge in [0, 0.05) is 42.0 Å². The number of benzene rings is 1. The van der Waals surface area contributed by atoms with E-state index in [4.69, 9.17) is 16.1 Å². The molecule has 0 atom stereocenters. The fourth-order valence-electron chi connectivity index (χ4n) is 3.17. The molecule has 152 valence electrons. The van der Waals surface area contributed by atoms with Gasteiger partial charge >= 0.3 is 0 Å². The molecular formula is C22H29N7. The van der Waals surface area contributed by atoms with Crippen molar-refractivity contribution >= 4 is 28.4 Å². The van der Waals surface area contributed by atoms with E-state index in [2.05, 4.69) is 48.2 Å². The summed E-state index contributed by atoms with van der Waals surface area (Å²) in [6, 6.07) is 6.09. The summed E-state index contributed by atoms with van der Waals surface area (Å²) in [5.74, 6) is 2.13. The van der Waals surface area contributed by atoms with E-state index in [0.29, 0.717) is 17.3 Å². The summed E-state index contributed by atoms with van der Waals surface area (Å²) >= 11 is 0. The summed E-state index contributed by atoms with van der Waals surface area (Å²) in [7, 11) is 0. The van der Waals surface area contributed by atoms with Gasteiger partial charge in [-0.25, -0.2) is 4.98 Å². The predicted molar refractivity (Wildman–Crippen MR) is 120 cm³/mol. The quantitative estimate of drug-likeness (QED) is 0.425. The summed E-state index contributed by atoms with van der Waals surface area (Å²) in [6.07, 6.45) is 6.44. The van der Waals surface area contributed by atoms with Crippen molar-refractivity contribution in [3.63, 3.8) is 0 Å². The van der Waals surface area contributed by atoms with Crippen molar-refractivity contribution in [2.75, 3.05) is 5.32 Å². The molecule has 0 spiro atoms. The van der Waals surface area contributed by atoms with E-state index >= 15 is 0 Å². The Labute approximate surface area is 171 Å². The number of aryl methyl sites for hydroxylation is 1. The van der Waals surface area contributed by atoms with Gasteiger partial charge < -0.3 is 16.5 Å². The number of aromatic nitrogens is 4. The maximum atomic E-state index is 7.59. The van der Waals surface area contributed by atoms with Crippen LogP contribution < -0.4 is 11.1 Å². The highest BCUT2D eigenvalue weighted by Gasteiger charge is 2.16. The molecule has 3 rings (SSSR count). The number of allylic oxidation sites excluding steroid dienone is 1. The van der Waals surface area contributed by atoms with Crippen molar-refractivity contribution < 1.29 is 0 Å². The van der Waals surface area contributed by atoms with Crippen LogP contribution in [0.15, 0.2) is 30.6 Å². The number of aromatic amines is 1. The van der Waals surface area contributed by atoms with Crippen molar-refractivity contribution in [3.8, 4) is 11.4 Å². The molecule has 0 fully saturated rings. The Hall–Kier alpha value is -3.22. The molecule has 3 aromatic rings. The number of fused-ring (bicyclic) bond motifs is 1. The molecule has 0 amide bonds. The second-order valence-electron chi connectivity index (χ2n) is 7.88. The number of hydrogen-bond donors (Lipinski definition) is 4. The lowest BCUT2D eigenvalue weighted by atomic mass is 10.0. The predicted octanol–water partition coefficient (Wildman–Crippen LogP) is 4.38. The summed E-state index contributed by atoms with van der Waals surface area (Å²) in [4.78, 5) is 9.32. The molecule has 0 radical (unpaired) electrons. The fourth-order valence-corrected chi connectivity index (χ4v) is 3.17. The molecule has 0 aliphatic heterocycles. The van der Waals surface area contributed by atoms with Gasteiger partial charge in [0.1, 0.15) is 5.82 Å². The summed E-state index contributed by atoms with van der Waals surface area (Å²) in [5.41, 5.74) is 9.85. The minimum absolute atomic E-state index is 0.217. The van der Waals surface area contributed by atoms with E-state index in [1.165, 1.54) is 12.4 Å². The van der Waals surface area contributed by atoms with Crippen LogP contribution in [0, 0.1) is 11.3 Å². The van der Waals surface area contributed by atoms with E-state index in [0.717, 1.165) is 46.4 Å². The smallest absolute Gasteiger partial charge is 0.184 e. The maximum absolute atomic E-state index is 7.59. The zero-order valence-corrected chi connectivity index (χ0v) is 17.5.